The van der Waals surface area contributed by atoms with Crippen LogP contribution >= 0.6 is 0 Å². The summed E-state index contributed by atoms with van der Waals surface area (Å²) in [6.45, 7) is 0.108. The first-order chi connectivity index (χ1) is 10.1. The Kier molecular flexibility index (Phi) is 3.84. The third kappa shape index (κ3) is 3.18. The molecule has 0 unspecified atom stereocenters. The lowest BCUT2D eigenvalue weighted by atomic mass is 10.2. The molecule has 1 aliphatic rings. The smallest absolute Gasteiger partial charge is 0.242 e. The van der Waals surface area contributed by atoms with Crippen molar-refractivity contribution < 1.29 is 13.5 Å². The summed E-state index contributed by atoms with van der Waals surface area (Å²) in [6, 6.07) is 11.3. The van der Waals surface area contributed by atoms with E-state index in [1.54, 1.807) is 12.3 Å². The normalized spacial score (nSPS) is 15.3. The Morgan fingerprint density at radius 3 is 2.57 bits per heavy atom. The summed E-state index contributed by atoms with van der Waals surface area (Å²) in [5.74, 6) is 0. The highest BCUT2D eigenvalue weighted by Gasteiger charge is 2.27. The van der Waals surface area contributed by atoms with E-state index in [9.17, 15) is 13.5 Å². The van der Waals surface area contributed by atoms with Crippen molar-refractivity contribution in [2.24, 2.45) is 0 Å². The first-order valence-electron chi connectivity index (χ1n) is 6.95. The molecule has 0 saturated heterocycles. The van der Waals surface area contributed by atoms with E-state index >= 15 is 0 Å². The summed E-state index contributed by atoms with van der Waals surface area (Å²) in [4.78, 5) is 0.217. The van der Waals surface area contributed by atoms with Crippen molar-refractivity contribution in [3.63, 3.8) is 0 Å². The van der Waals surface area contributed by atoms with Crippen molar-refractivity contribution in [3.8, 4) is 0 Å². The lowest BCUT2D eigenvalue weighted by Gasteiger charge is -2.05. The predicted octanol–water partition coefficient (Wildman–Crippen LogP) is 1.79. The standard InChI is InChI=1S/C15H18N2O3S/c18-11-14-8-15(10-17(14)13-6-7-13)21(19,20)16-9-12-4-2-1-3-5-12/h1-5,8,10,13,16,18H,6-7,9,11H2. The molecule has 0 bridgehead atoms. The van der Waals surface area contributed by atoms with Crippen molar-refractivity contribution >= 4 is 10.0 Å². The van der Waals surface area contributed by atoms with Crippen LogP contribution in [0, 0.1) is 0 Å². The first-order valence-corrected chi connectivity index (χ1v) is 8.43. The number of aliphatic hydroxyl groups is 1. The maximum absolute atomic E-state index is 12.3. The lowest BCUT2D eigenvalue weighted by Crippen LogP contribution is -2.22. The SMILES string of the molecule is O=S(=O)(NCc1ccccc1)c1cc(CO)n(C2CC2)c1. The van der Waals surface area contributed by atoms with Crippen molar-refractivity contribution in [2.45, 2.75) is 36.9 Å². The zero-order valence-electron chi connectivity index (χ0n) is 11.6. The highest BCUT2D eigenvalue weighted by molar-refractivity contribution is 7.89. The Morgan fingerprint density at radius 1 is 1.24 bits per heavy atom. The zero-order chi connectivity index (χ0) is 14.9. The number of nitrogens with zero attached hydrogens (tertiary/aromatic N) is 1. The fraction of sp³-hybridized carbons (Fsp3) is 0.333. The Morgan fingerprint density at radius 2 is 1.95 bits per heavy atom. The van der Waals surface area contributed by atoms with Crippen LogP contribution in [0.3, 0.4) is 0 Å². The second-order valence-corrected chi connectivity index (χ2v) is 7.04. The molecule has 112 valence electrons. The third-order valence-electron chi connectivity index (χ3n) is 3.63. The molecule has 1 saturated carbocycles. The summed E-state index contributed by atoms with van der Waals surface area (Å²) in [7, 11) is -3.56. The van der Waals surface area contributed by atoms with Gasteiger partial charge in [0, 0.05) is 24.5 Å². The van der Waals surface area contributed by atoms with Gasteiger partial charge in [0.15, 0.2) is 0 Å². The van der Waals surface area contributed by atoms with Gasteiger partial charge in [0.25, 0.3) is 0 Å². The molecule has 1 fully saturated rings. The quantitative estimate of drug-likeness (QED) is 0.855. The van der Waals surface area contributed by atoms with Gasteiger partial charge in [-0.05, 0) is 24.5 Å². The summed E-state index contributed by atoms with van der Waals surface area (Å²) in [5, 5.41) is 9.35. The van der Waals surface area contributed by atoms with Gasteiger partial charge in [-0.15, -0.1) is 0 Å². The number of sulfonamides is 1. The second-order valence-electron chi connectivity index (χ2n) is 5.27. The first kappa shape index (κ1) is 14.3. The molecule has 0 atom stereocenters. The third-order valence-corrected chi connectivity index (χ3v) is 5.00. The number of benzene rings is 1. The van der Waals surface area contributed by atoms with E-state index < -0.39 is 10.0 Å². The van der Waals surface area contributed by atoms with Gasteiger partial charge in [0.2, 0.25) is 10.0 Å². The highest BCUT2D eigenvalue weighted by atomic mass is 32.2. The Bertz CT molecular complexity index is 719. The fourth-order valence-corrected chi connectivity index (χ4v) is 3.39. The molecule has 2 aromatic rings. The van der Waals surface area contributed by atoms with E-state index in [0.717, 1.165) is 18.4 Å². The molecule has 0 aliphatic heterocycles. The van der Waals surface area contributed by atoms with Crippen LogP contribution in [0.4, 0.5) is 0 Å². The molecule has 0 radical (unpaired) electrons. The Balaban J connectivity index is 1.78. The molecule has 6 heteroatoms. The van der Waals surface area contributed by atoms with Gasteiger partial charge in [0.05, 0.1) is 11.5 Å². The zero-order valence-corrected chi connectivity index (χ0v) is 12.4. The van der Waals surface area contributed by atoms with E-state index in [-0.39, 0.29) is 18.0 Å². The molecule has 21 heavy (non-hydrogen) atoms. The number of nitrogens with one attached hydrogen (secondary N) is 1. The number of aliphatic hydroxyl groups excluding tert-OH is 1. The topological polar surface area (TPSA) is 71.3 Å². The van der Waals surface area contributed by atoms with Crippen LogP contribution in [0.1, 0.15) is 30.1 Å². The number of aromatic nitrogens is 1. The van der Waals surface area contributed by atoms with Crippen LogP contribution in [0.5, 0.6) is 0 Å². The molecular formula is C15H18N2O3S. The van der Waals surface area contributed by atoms with E-state index in [1.165, 1.54) is 0 Å². The average Bonchev–Trinajstić information content (AvgIpc) is 3.24. The average molecular weight is 306 g/mol. The minimum absolute atomic E-state index is 0.148. The summed E-state index contributed by atoms with van der Waals surface area (Å²) >= 11 is 0. The van der Waals surface area contributed by atoms with Crippen molar-refractivity contribution in [1.82, 2.24) is 9.29 Å². The molecular weight excluding hydrogens is 288 g/mol. The van der Waals surface area contributed by atoms with Crippen LogP contribution in [-0.2, 0) is 23.2 Å². The van der Waals surface area contributed by atoms with Crippen LogP contribution in [0.25, 0.3) is 0 Å². The highest BCUT2D eigenvalue weighted by Crippen LogP contribution is 2.37. The number of hydrogen-bond acceptors (Lipinski definition) is 3. The van der Waals surface area contributed by atoms with Gasteiger partial charge in [0.1, 0.15) is 0 Å². The van der Waals surface area contributed by atoms with Crippen LogP contribution in [-0.4, -0.2) is 18.1 Å². The van der Waals surface area contributed by atoms with Crippen molar-refractivity contribution in [1.29, 1.82) is 0 Å². The predicted molar refractivity (Wildman–Crippen MR) is 79.1 cm³/mol. The van der Waals surface area contributed by atoms with Gasteiger partial charge >= 0.3 is 0 Å². The molecule has 3 rings (SSSR count). The largest absolute Gasteiger partial charge is 0.390 e. The molecule has 0 spiro atoms. The van der Waals surface area contributed by atoms with E-state index in [0.29, 0.717) is 11.7 Å². The molecule has 1 aliphatic carbocycles. The Labute approximate surface area is 124 Å². The second kappa shape index (κ2) is 5.63. The molecule has 0 amide bonds. The molecule has 2 N–H and O–H groups in total. The summed E-state index contributed by atoms with van der Waals surface area (Å²) in [6.07, 6.45) is 3.70. The number of hydrogen-bond donors (Lipinski definition) is 2. The van der Waals surface area contributed by atoms with E-state index in [2.05, 4.69) is 4.72 Å². The molecule has 1 aromatic heterocycles. The molecule has 5 nitrogen and oxygen atoms in total. The summed E-state index contributed by atoms with van der Waals surface area (Å²) < 4.78 is 29.1. The summed E-state index contributed by atoms with van der Waals surface area (Å²) in [5.41, 5.74) is 1.56. The van der Waals surface area contributed by atoms with Crippen LogP contribution in [0.2, 0.25) is 0 Å². The Hall–Kier alpha value is -1.63. The maximum atomic E-state index is 12.3. The van der Waals surface area contributed by atoms with Crippen LogP contribution in [0.15, 0.2) is 47.5 Å². The number of rotatable bonds is 6. The van der Waals surface area contributed by atoms with Gasteiger partial charge in [-0.2, -0.15) is 0 Å². The minimum Gasteiger partial charge on any atom is -0.390 e. The monoisotopic (exact) mass is 306 g/mol. The minimum atomic E-state index is -3.56. The fourth-order valence-electron chi connectivity index (χ4n) is 2.32. The van der Waals surface area contributed by atoms with Crippen molar-refractivity contribution in [2.75, 3.05) is 0 Å². The van der Waals surface area contributed by atoms with Gasteiger partial charge in [-0.3, -0.25) is 0 Å². The van der Waals surface area contributed by atoms with Gasteiger partial charge in [-0.25, -0.2) is 13.1 Å². The van der Waals surface area contributed by atoms with Crippen LogP contribution < -0.4 is 4.72 Å². The van der Waals surface area contributed by atoms with E-state index in [4.69, 9.17) is 0 Å². The van der Waals surface area contributed by atoms with E-state index in [1.807, 2.05) is 34.9 Å². The van der Waals surface area contributed by atoms with Gasteiger partial charge < -0.3 is 9.67 Å². The van der Waals surface area contributed by atoms with Crippen molar-refractivity contribution in [3.05, 3.63) is 53.9 Å². The van der Waals surface area contributed by atoms with Gasteiger partial charge in [-0.1, -0.05) is 30.3 Å². The molecule has 1 aromatic carbocycles. The maximum Gasteiger partial charge on any atom is 0.242 e. The molecule has 1 heterocycles. The lowest BCUT2D eigenvalue weighted by molar-refractivity contribution is 0.270.